The Morgan fingerprint density at radius 3 is 2.53 bits per heavy atom. The van der Waals surface area contributed by atoms with Gasteiger partial charge in [-0.3, -0.25) is 4.79 Å². The Balaban J connectivity index is 2.53. The number of aromatic nitrogens is 2. The van der Waals surface area contributed by atoms with E-state index < -0.39 is 11.2 Å². The smallest absolute Gasteiger partial charge is 0.316 e. The lowest BCUT2D eigenvalue weighted by Gasteiger charge is -2.11. The molecule has 1 N–H and O–H groups in total. The summed E-state index contributed by atoms with van der Waals surface area (Å²) < 4.78 is 0. The SMILES string of the molecule is CC(Sc1nc(C(C)C)nc2ccccc12)C(=O)O. The van der Waals surface area contributed by atoms with Gasteiger partial charge in [0.1, 0.15) is 16.1 Å². The predicted octanol–water partition coefficient (Wildman–Crippen LogP) is 3.32. The molecule has 1 heterocycles. The molecule has 4 nitrogen and oxygen atoms in total. The standard InChI is InChI=1S/C14H16N2O2S/c1-8(2)12-15-11-7-5-4-6-10(11)13(16-12)19-9(3)14(17)18/h4-9H,1-3H3,(H,17,18). The van der Waals surface area contributed by atoms with Crippen molar-refractivity contribution in [2.45, 2.75) is 37.0 Å². The van der Waals surface area contributed by atoms with Gasteiger partial charge in [0.15, 0.2) is 0 Å². The van der Waals surface area contributed by atoms with Crippen molar-refractivity contribution in [3.8, 4) is 0 Å². The Bertz CT molecular complexity index is 613. The molecule has 1 aromatic carbocycles. The molecule has 100 valence electrons. The summed E-state index contributed by atoms with van der Waals surface area (Å²) in [4.78, 5) is 20.0. The molecular weight excluding hydrogens is 260 g/mol. The number of fused-ring (bicyclic) bond motifs is 1. The lowest BCUT2D eigenvalue weighted by molar-refractivity contribution is -0.136. The van der Waals surface area contributed by atoms with E-state index in [4.69, 9.17) is 5.11 Å². The van der Waals surface area contributed by atoms with E-state index in [1.54, 1.807) is 6.92 Å². The van der Waals surface area contributed by atoms with Crippen molar-refractivity contribution in [3.63, 3.8) is 0 Å². The summed E-state index contributed by atoms with van der Waals surface area (Å²) in [6.45, 7) is 5.72. The van der Waals surface area contributed by atoms with Crippen LogP contribution in [0.5, 0.6) is 0 Å². The average Bonchev–Trinajstić information content (AvgIpc) is 2.38. The molecule has 19 heavy (non-hydrogen) atoms. The fourth-order valence-electron chi connectivity index (χ4n) is 1.63. The molecule has 0 saturated heterocycles. The Labute approximate surface area is 116 Å². The summed E-state index contributed by atoms with van der Waals surface area (Å²) in [6, 6.07) is 7.69. The first-order valence-corrected chi connectivity index (χ1v) is 7.03. The van der Waals surface area contributed by atoms with Gasteiger partial charge in [-0.1, -0.05) is 43.8 Å². The third-order valence-corrected chi connectivity index (χ3v) is 3.83. The summed E-state index contributed by atoms with van der Waals surface area (Å²) >= 11 is 1.26. The fraction of sp³-hybridized carbons (Fsp3) is 0.357. The molecule has 0 fully saturated rings. The van der Waals surface area contributed by atoms with Crippen LogP contribution in [0, 0.1) is 0 Å². The van der Waals surface area contributed by atoms with Gasteiger partial charge in [-0.05, 0) is 13.0 Å². The number of carboxylic acid groups (broad SMARTS) is 1. The molecule has 0 aliphatic carbocycles. The molecular formula is C14H16N2O2S. The second-order valence-electron chi connectivity index (χ2n) is 4.66. The molecule has 0 bridgehead atoms. The maximum Gasteiger partial charge on any atom is 0.316 e. The van der Waals surface area contributed by atoms with Gasteiger partial charge in [-0.15, -0.1) is 0 Å². The zero-order valence-corrected chi connectivity index (χ0v) is 11.9. The number of aliphatic carboxylic acids is 1. The van der Waals surface area contributed by atoms with Crippen molar-refractivity contribution in [3.05, 3.63) is 30.1 Å². The molecule has 0 spiro atoms. The van der Waals surface area contributed by atoms with Crippen molar-refractivity contribution in [2.24, 2.45) is 0 Å². The molecule has 2 rings (SSSR count). The van der Waals surface area contributed by atoms with Gasteiger partial charge in [-0.2, -0.15) is 0 Å². The molecule has 0 aliphatic heterocycles. The maximum atomic E-state index is 11.0. The summed E-state index contributed by atoms with van der Waals surface area (Å²) in [7, 11) is 0. The fourth-order valence-corrected chi connectivity index (χ4v) is 2.51. The first-order chi connectivity index (χ1) is 8.99. The van der Waals surface area contributed by atoms with E-state index in [0.717, 1.165) is 21.8 Å². The van der Waals surface area contributed by atoms with Gasteiger partial charge in [-0.25, -0.2) is 9.97 Å². The maximum absolute atomic E-state index is 11.0. The average molecular weight is 276 g/mol. The number of hydrogen-bond acceptors (Lipinski definition) is 4. The van der Waals surface area contributed by atoms with E-state index in [1.165, 1.54) is 11.8 Å². The second kappa shape index (κ2) is 5.57. The van der Waals surface area contributed by atoms with Crippen LogP contribution in [0.3, 0.4) is 0 Å². The van der Waals surface area contributed by atoms with Crippen molar-refractivity contribution in [1.29, 1.82) is 0 Å². The Morgan fingerprint density at radius 2 is 1.89 bits per heavy atom. The number of para-hydroxylation sites is 1. The summed E-state index contributed by atoms with van der Waals surface area (Å²) in [6.07, 6.45) is 0. The number of benzene rings is 1. The van der Waals surface area contributed by atoms with Gasteiger partial charge in [0.2, 0.25) is 0 Å². The van der Waals surface area contributed by atoms with Crippen LogP contribution in [-0.4, -0.2) is 26.3 Å². The van der Waals surface area contributed by atoms with Crippen LogP contribution in [0.25, 0.3) is 10.9 Å². The van der Waals surface area contributed by atoms with Gasteiger partial charge in [0.25, 0.3) is 0 Å². The Kier molecular flexibility index (Phi) is 4.04. The lowest BCUT2D eigenvalue weighted by atomic mass is 10.2. The van der Waals surface area contributed by atoms with E-state index in [1.807, 2.05) is 38.1 Å². The largest absolute Gasteiger partial charge is 0.480 e. The minimum atomic E-state index is -0.834. The first kappa shape index (κ1) is 13.8. The molecule has 2 aromatic rings. The number of carbonyl (C=O) groups is 1. The number of rotatable bonds is 4. The quantitative estimate of drug-likeness (QED) is 0.685. The highest BCUT2D eigenvalue weighted by atomic mass is 32.2. The molecule has 0 aliphatic rings. The highest BCUT2D eigenvalue weighted by molar-refractivity contribution is 8.00. The van der Waals surface area contributed by atoms with E-state index in [2.05, 4.69) is 9.97 Å². The predicted molar refractivity (Wildman–Crippen MR) is 76.6 cm³/mol. The van der Waals surface area contributed by atoms with Gasteiger partial charge in [0, 0.05) is 11.3 Å². The van der Waals surface area contributed by atoms with E-state index in [0.29, 0.717) is 0 Å². The van der Waals surface area contributed by atoms with Gasteiger partial charge >= 0.3 is 5.97 Å². The first-order valence-electron chi connectivity index (χ1n) is 6.15. The zero-order chi connectivity index (χ0) is 14.0. The molecule has 0 amide bonds. The van der Waals surface area contributed by atoms with Crippen LogP contribution < -0.4 is 0 Å². The third kappa shape index (κ3) is 3.04. The molecule has 1 unspecified atom stereocenters. The highest BCUT2D eigenvalue weighted by Gasteiger charge is 2.17. The van der Waals surface area contributed by atoms with Crippen molar-refractivity contribution < 1.29 is 9.90 Å². The van der Waals surface area contributed by atoms with Crippen LogP contribution in [0.4, 0.5) is 0 Å². The van der Waals surface area contributed by atoms with Crippen molar-refractivity contribution >= 4 is 28.6 Å². The molecule has 1 atom stereocenters. The molecule has 0 saturated carbocycles. The second-order valence-corrected chi connectivity index (χ2v) is 5.99. The van der Waals surface area contributed by atoms with Crippen LogP contribution >= 0.6 is 11.8 Å². The zero-order valence-electron chi connectivity index (χ0n) is 11.1. The minimum absolute atomic E-state index is 0.212. The topological polar surface area (TPSA) is 63.1 Å². The Morgan fingerprint density at radius 1 is 1.21 bits per heavy atom. The van der Waals surface area contributed by atoms with Crippen LogP contribution in [0.2, 0.25) is 0 Å². The summed E-state index contributed by atoms with van der Waals surface area (Å²) in [5.41, 5.74) is 0.862. The highest BCUT2D eigenvalue weighted by Crippen LogP contribution is 2.29. The van der Waals surface area contributed by atoms with Crippen LogP contribution in [0.1, 0.15) is 32.5 Å². The molecule has 1 aromatic heterocycles. The lowest BCUT2D eigenvalue weighted by Crippen LogP contribution is -2.12. The number of nitrogens with zero attached hydrogens (tertiary/aromatic N) is 2. The monoisotopic (exact) mass is 276 g/mol. The number of carboxylic acids is 1. The van der Waals surface area contributed by atoms with Gasteiger partial charge < -0.3 is 5.11 Å². The van der Waals surface area contributed by atoms with Crippen molar-refractivity contribution in [2.75, 3.05) is 0 Å². The van der Waals surface area contributed by atoms with Crippen LogP contribution in [0.15, 0.2) is 29.3 Å². The van der Waals surface area contributed by atoms with Crippen LogP contribution in [-0.2, 0) is 4.79 Å². The molecule has 5 heteroatoms. The number of hydrogen-bond donors (Lipinski definition) is 1. The van der Waals surface area contributed by atoms with Gasteiger partial charge in [0.05, 0.1) is 5.52 Å². The minimum Gasteiger partial charge on any atom is -0.480 e. The Hall–Kier alpha value is -1.62. The van der Waals surface area contributed by atoms with E-state index >= 15 is 0 Å². The van der Waals surface area contributed by atoms with E-state index in [9.17, 15) is 4.79 Å². The normalized spacial score (nSPS) is 12.8. The van der Waals surface area contributed by atoms with E-state index in [-0.39, 0.29) is 5.92 Å². The summed E-state index contributed by atoms with van der Waals surface area (Å²) in [5, 5.41) is 10.1. The third-order valence-electron chi connectivity index (χ3n) is 2.74. The molecule has 0 radical (unpaired) electrons. The number of thioether (sulfide) groups is 1. The summed E-state index contributed by atoms with van der Waals surface area (Å²) in [5.74, 6) is 0.127. The van der Waals surface area contributed by atoms with Crippen molar-refractivity contribution in [1.82, 2.24) is 9.97 Å².